The van der Waals surface area contributed by atoms with Crippen LogP contribution < -0.4 is 9.47 Å². The van der Waals surface area contributed by atoms with E-state index in [1.165, 1.54) is 30.2 Å². The lowest BCUT2D eigenvalue weighted by Gasteiger charge is -2.32. The highest BCUT2D eigenvalue weighted by Gasteiger charge is 2.21. The second-order valence-electron chi connectivity index (χ2n) is 9.41. The van der Waals surface area contributed by atoms with Gasteiger partial charge in [-0.2, -0.15) is 0 Å². The highest BCUT2D eigenvalue weighted by molar-refractivity contribution is 6.22. The van der Waals surface area contributed by atoms with Crippen molar-refractivity contribution in [3.8, 4) is 17.4 Å². The first kappa shape index (κ1) is 23.3. The number of halogens is 1. The summed E-state index contributed by atoms with van der Waals surface area (Å²) in [6, 6.07) is 18.0. The largest absolute Gasteiger partial charge is 0.494 e. The SMILES string of the molecule is CN1CCN(Cc2ccc(N=C(c3ccc4c(c3)OC=CO4)c3c(O)[nH]c4cc(F)ccc34)cc2)CC1. The summed E-state index contributed by atoms with van der Waals surface area (Å²) in [6.45, 7) is 5.17. The molecule has 37 heavy (non-hydrogen) atoms. The molecule has 1 aromatic heterocycles. The van der Waals surface area contributed by atoms with Crippen molar-refractivity contribution in [2.75, 3.05) is 33.2 Å². The number of rotatable bonds is 5. The van der Waals surface area contributed by atoms with Crippen molar-refractivity contribution >= 4 is 22.3 Å². The average Bonchev–Trinajstić information content (AvgIpc) is 3.23. The lowest BCUT2D eigenvalue weighted by molar-refractivity contribution is 0.148. The summed E-state index contributed by atoms with van der Waals surface area (Å²) in [7, 11) is 2.15. The molecular weight excluding hydrogens is 471 g/mol. The number of aliphatic imine (C=N–C) groups is 1. The molecule has 0 atom stereocenters. The summed E-state index contributed by atoms with van der Waals surface area (Å²) in [5.74, 6) is 0.659. The Morgan fingerprint density at radius 2 is 1.70 bits per heavy atom. The van der Waals surface area contributed by atoms with E-state index in [1.54, 1.807) is 12.1 Å². The number of aromatic hydroxyl groups is 1. The van der Waals surface area contributed by atoms with Crippen LogP contribution in [0.2, 0.25) is 0 Å². The third-order valence-electron chi connectivity index (χ3n) is 6.82. The average molecular weight is 499 g/mol. The number of hydrogen-bond donors (Lipinski definition) is 2. The van der Waals surface area contributed by atoms with Gasteiger partial charge < -0.3 is 24.5 Å². The van der Waals surface area contributed by atoms with E-state index in [0.717, 1.165) is 44.0 Å². The van der Waals surface area contributed by atoms with E-state index in [2.05, 4.69) is 34.0 Å². The Kier molecular flexibility index (Phi) is 6.12. The first-order valence-electron chi connectivity index (χ1n) is 12.3. The summed E-state index contributed by atoms with van der Waals surface area (Å²) in [4.78, 5) is 12.6. The van der Waals surface area contributed by atoms with Gasteiger partial charge in [-0.1, -0.05) is 12.1 Å². The fourth-order valence-electron chi connectivity index (χ4n) is 4.78. The number of H-pyrrole nitrogens is 1. The maximum atomic E-state index is 13.9. The molecule has 0 amide bonds. The molecule has 2 aliphatic heterocycles. The number of nitrogens with zero attached hydrogens (tertiary/aromatic N) is 3. The van der Waals surface area contributed by atoms with Crippen LogP contribution in [0.4, 0.5) is 10.1 Å². The molecule has 0 radical (unpaired) electrons. The standard InChI is InChI=1S/C29H27FN4O3/c1-33-10-12-34(13-11-33)18-19-2-6-22(7-3-19)31-28(20-4-9-25-26(16-20)37-15-14-36-25)27-23-8-5-21(30)17-24(23)32-29(27)35/h2-9,14-17,32,35H,10-13,18H2,1H3. The van der Waals surface area contributed by atoms with E-state index < -0.39 is 0 Å². The van der Waals surface area contributed by atoms with Gasteiger partial charge in [0.15, 0.2) is 17.4 Å². The summed E-state index contributed by atoms with van der Waals surface area (Å²) < 4.78 is 25.0. The van der Waals surface area contributed by atoms with Gasteiger partial charge in [-0.15, -0.1) is 0 Å². The van der Waals surface area contributed by atoms with Gasteiger partial charge in [-0.05, 0) is 61.1 Å². The van der Waals surface area contributed by atoms with Crippen LogP contribution >= 0.6 is 0 Å². The Labute approximate surface area is 214 Å². The number of aromatic amines is 1. The smallest absolute Gasteiger partial charge is 0.199 e. The molecule has 0 bridgehead atoms. The maximum absolute atomic E-state index is 13.9. The number of benzene rings is 3. The number of hydrogen-bond acceptors (Lipinski definition) is 6. The van der Waals surface area contributed by atoms with Crippen LogP contribution in [0, 0.1) is 5.82 Å². The Hall–Kier alpha value is -4.14. The van der Waals surface area contributed by atoms with Gasteiger partial charge >= 0.3 is 0 Å². The summed E-state index contributed by atoms with van der Waals surface area (Å²) in [6.07, 6.45) is 2.94. The first-order valence-corrected chi connectivity index (χ1v) is 12.3. The van der Waals surface area contributed by atoms with Crippen molar-refractivity contribution in [1.82, 2.24) is 14.8 Å². The fourth-order valence-corrected chi connectivity index (χ4v) is 4.78. The van der Waals surface area contributed by atoms with Crippen molar-refractivity contribution in [2.24, 2.45) is 4.99 Å². The van der Waals surface area contributed by atoms with E-state index >= 15 is 0 Å². The molecule has 0 unspecified atom stereocenters. The second kappa shape index (κ2) is 9.72. The molecule has 2 N–H and O–H groups in total. The minimum absolute atomic E-state index is 0.0826. The molecule has 0 saturated carbocycles. The number of piperazine rings is 1. The van der Waals surface area contributed by atoms with Crippen molar-refractivity contribution in [3.63, 3.8) is 0 Å². The van der Waals surface area contributed by atoms with Crippen molar-refractivity contribution in [2.45, 2.75) is 6.54 Å². The van der Waals surface area contributed by atoms with Gasteiger partial charge in [0.25, 0.3) is 0 Å². The number of nitrogens with one attached hydrogen (secondary N) is 1. The van der Waals surface area contributed by atoms with E-state index in [0.29, 0.717) is 33.7 Å². The van der Waals surface area contributed by atoms with Crippen LogP contribution in [0.25, 0.3) is 10.9 Å². The Bertz CT molecular complexity index is 1500. The molecule has 188 valence electrons. The van der Waals surface area contributed by atoms with Crippen molar-refractivity contribution < 1.29 is 19.0 Å². The highest BCUT2D eigenvalue weighted by atomic mass is 19.1. The molecule has 2 aliphatic rings. The Morgan fingerprint density at radius 1 is 0.946 bits per heavy atom. The minimum Gasteiger partial charge on any atom is -0.494 e. The summed E-state index contributed by atoms with van der Waals surface area (Å²) in [5.41, 5.74) is 4.19. The number of ether oxygens (including phenoxy) is 2. The first-order chi connectivity index (χ1) is 18.0. The van der Waals surface area contributed by atoms with E-state index in [-0.39, 0.29) is 11.7 Å². The van der Waals surface area contributed by atoms with Crippen molar-refractivity contribution in [3.05, 3.63) is 95.7 Å². The maximum Gasteiger partial charge on any atom is 0.199 e. The van der Waals surface area contributed by atoms with Gasteiger partial charge in [-0.25, -0.2) is 9.38 Å². The normalized spacial score (nSPS) is 16.4. The minimum atomic E-state index is -0.388. The molecule has 4 aromatic rings. The molecule has 0 spiro atoms. The number of likely N-dealkylation sites (N-methyl/N-ethyl adjacent to an activating group) is 1. The third kappa shape index (κ3) is 4.81. The quantitative estimate of drug-likeness (QED) is 0.372. The van der Waals surface area contributed by atoms with Crippen LogP contribution in [0.3, 0.4) is 0 Å². The monoisotopic (exact) mass is 498 g/mol. The molecule has 3 aromatic carbocycles. The molecule has 3 heterocycles. The molecular formula is C29H27FN4O3. The predicted molar refractivity (Wildman–Crippen MR) is 141 cm³/mol. The van der Waals surface area contributed by atoms with Gasteiger partial charge in [0, 0.05) is 43.7 Å². The fraction of sp³-hybridized carbons (Fsp3) is 0.207. The molecule has 0 aliphatic carbocycles. The van der Waals surface area contributed by atoms with E-state index in [4.69, 9.17) is 14.5 Å². The zero-order chi connectivity index (χ0) is 25.4. The number of fused-ring (bicyclic) bond motifs is 2. The Balaban J connectivity index is 1.39. The van der Waals surface area contributed by atoms with Crippen LogP contribution in [0.1, 0.15) is 16.7 Å². The topological polar surface area (TPSA) is 73.3 Å². The lowest BCUT2D eigenvalue weighted by Crippen LogP contribution is -2.43. The molecule has 1 saturated heterocycles. The van der Waals surface area contributed by atoms with Gasteiger partial charge in [-0.3, -0.25) is 4.90 Å². The van der Waals surface area contributed by atoms with Crippen LogP contribution in [-0.2, 0) is 6.54 Å². The van der Waals surface area contributed by atoms with Crippen LogP contribution in [0.15, 0.2) is 78.2 Å². The zero-order valence-corrected chi connectivity index (χ0v) is 20.4. The highest BCUT2D eigenvalue weighted by Crippen LogP contribution is 2.36. The van der Waals surface area contributed by atoms with Gasteiger partial charge in [0.2, 0.25) is 0 Å². The van der Waals surface area contributed by atoms with Gasteiger partial charge in [0.05, 0.1) is 22.5 Å². The summed E-state index contributed by atoms with van der Waals surface area (Å²) >= 11 is 0. The summed E-state index contributed by atoms with van der Waals surface area (Å²) in [5, 5.41) is 11.5. The molecule has 8 heteroatoms. The van der Waals surface area contributed by atoms with E-state index in [1.807, 2.05) is 24.3 Å². The van der Waals surface area contributed by atoms with Crippen molar-refractivity contribution in [1.29, 1.82) is 0 Å². The predicted octanol–water partition coefficient (Wildman–Crippen LogP) is 5.17. The Morgan fingerprint density at radius 3 is 2.49 bits per heavy atom. The van der Waals surface area contributed by atoms with Gasteiger partial charge in [0.1, 0.15) is 18.3 Å². The van der Waals surface area contributed by atoms with Crippen LogP contribution in [0.5, 0.6) is 17.4 Å². The zero-order valence-electron chi connectivity index (χ0n) is 20.4. The second-order valence-corrected chi connectivity index (χ2v) is 9.41. The third-order valence-corrected chi connectivity index (χ3v) is 6.82. The van der Waals surface area contributed by atoms with Crippen LogP contribution in [-0.4, -0.2) is 58.8 Å². The molecule has 7 nitrogen and oxygen atoms in total. The number of aromatic nitrogens is 1. The van der Waals surface area contributed by atoms with E-state index in [9.17, 15) is 9.50 Å². The molecule has 6 rings (SSSR count). The lowest BCUT2D eigenvalue weighted by atomic mass is 10.00. The molecule has 1 fully saturated rings.